The van der Waals surface area contributed by atoms with Gasteiger partial charge in [-0.1, -0.05) is 0 Å². The first-order valence-corrected chi connectivity index (χ1v) is 2.85. The lowest BCUT2D eigenvalue weighted by atomic mass is 10.9. The largest absolute Gasteiger partial charge is 0.318 e. The Bertz CT molecular complexity index is 78.2. The van der Waals surface area contributed by atoms with Crippen molar-refractivity contribution >= 4 is 35.4 Å². The maximum atomic E-state index is 3.54. The minimum atomic E-state index is 1.50. The average Bonchev–Trinajstić information content (AvgIpc) is 1.69. The highest BCUT2D eigenvalue weighted by Gasteiger charge is 1.56. The molecule has 0 bridgehead atoms. The molecule has 0 aliphatic carbocycles. The molecular weight excluding hydrogens is 205 g/mol. The summed E-state index contributed by atoms with van der Waals surface area (Å²) in [6, 6.07) is 0. The molecule has 0 radical (unpaired) electrons. The van der Waals surface area contributed by atoms with E-state index in [0.717, 1.165) is 0 Å². The van der Waals surface area contributed by atoms with Crippen molar-refractivity contribution in [2.75, 3.05) is 0 Å². The van der Waals surface area contributed by atoms with E-state index in [2.05, 4.69) is 13.7 Å². The Morgan fingerprint density at radius 1 is 1.57 bits per heavy atom. The number of nitrogens with one attached hydrogen (secondary N) is 1. The van der Waals surface area contributed by atoms with Gasteiger partial charge in [-0.2, -0.15) is 5.10 Å². The van der Waals surface area contributed by atoms with Gasteiger partial charge in [0.2, 0.25) is 0 Å². The van der Waals surface area contributed by atoms with Gasteiger partial charge in [0.1, 0.15) is 6.34 Å². The molecule has 0 aliphatic rings. The van der Waals surface area contributed by atoms with Crippen LogP contribution < -0.4 is 3.53 Å². The molecule has 7 heavy (non-hydrogen) atoms. The van der Waals surface area contributed by atoms with Crippen molar-refractivity contribution in [3.63, 3.8) is 0 Å². The summed E-state index contributed by atoms with van der Waals surface area (Å²) in [4.78, 5) is 0. The fraction of sp³-hybridized carbons (Fsp3) is 0.333. The van der Waals surface area contributed by atoms with E-state index in [0.29, 0.717) is 0 Å². The normalized spacial score (nSPS) is 11.1. The lowest BCUT2D eigenvalue weighted by molar-refractivity contribution is 1.25. The lowest BCUT2D eigenvalue weighted by Crippen LogP contribution is -1.87. The third-order valence-electron chi connectivity index (χ3n) is 0.289. The molecule has 0 rings (SSSR count). The molecule has 40 valence electrons. The van der Waals surface area contributed by atoms with Crippen molar-refractivity contribution in [2.45, 2.75) is 6.92 Å². The Morgan fingerprint density at radius 3 is 2.71 bits per heavy atom. The second-order valence-corrected chi connectivity index (χ2v) is 1.35. The van der Waals surface area contributed by atoms with Crippen molar-refractivity contribution in [1.29, 1.82) is 0 Å². The monoisotopic (exact) mass is 211 g/mol. The number of halogens is 1. The molecule has 0 fully saturated rings. The quantitative estimate of drug-likeness (QED) is 0.238. The Balaban J connectivity index is 3.09. The second kappa shape index (κ2) is 5.87. The number of hydrogen-bond donors (Lipinski definition) is 1. The van der Waals surface area contributed by atoms with E-state index in [9.17, 15) is 0 Å². The molecule has 0 atom stereocenters. The Labute approximate surface area is 56.4 Å². The van der Waals surface area contributed by atoms with Crippen LogP contribution in [0, 0.1) is 0 Å². The molecule has 0 spiro atoms. The summed E-state index contributed by atoms with van der Waals surface area (Å²) in [5, 5.41) is 7.07. The maximum absolute atomic E-state index is 3.54. The van der Waals surface area contributed by atoms with Gasteiger partial charge in [-0.3, -0.25) is 0 Å². The van der Waals surface area contributed by atoms with Gasteiger partial charge < -0.3 is 3.53 Å². The molecule has 0 aliphatic heterocycles. The first kappa shape index (κ1) is 6.87. The maximum Gasteiger partial charge on any atom is 0.120 e. The van der Waals surface area contributed by atoms with Crippen LogP contribution in [0.25, 0.3) is 0 Å². The van der Waals surface area contributed by atoms with E-state index >= 15 is 0 Å². The summed E-state index contributed by atoms with van der Waals surface area (Å²) >= 11 is 1.95. The smallest absolute Gasteiger partial charge is 0.120 e. The molecule has 0 aromatic heterocycles. The van der Waals surface area contributed by atoms with Gasteiger partial charge in [-0.15, -0.1) is 5.10 Å². The van der Waals surface area contributed by atoms with E-state index in [1.807, 2.05) is 29.8 Å². The summed E-state index contributed by atoms with van der Waals surface area (Å²) in [6.45, 7) is 1.81. The minimum absolute atomic E-state index is 1.50. The summed E-state index contributed by atoms with van der Waals surface area (Å²) in [6.07, 6.45) is 3.12. The van der Waals surface area contributed by atoms with Crippen LogP contribution in [0.15, 0.2) is 10.2 Å². The van der Waals surface area contributed by atoms with E-state index < -0.39 is 0 Å². The summed E-state index contributed by atoms with van der Waals surface area (Å²) in [7, 11) is 0. The van der Waals surface area contributed by atoms with Crippen molar-refractivity contribution in [3.8, 4) is 0 Å². The van der Waals surface area contributed by atoms with Crippen molar-refractivity contribution in [2.24, 2.45) is 10.2 Å². The van der Waals surface area contributed by atoms with Gasteiger partial charge >= 0.3 is 0 Å². The predicted molar refractivity (Wildman–Crippen MR) is 39.8 cm³/mol. The zero-order valence-corrected chi connectivity index (χ0v) is 6.08. The molecule has 0 unspecified atom stereocenters. The van der Waals surface area contributed by atoms with Crippen LogP contribution in [0.3, 0.4) is 0 Å². The molecule has 0 saturated heterocycles. The van der Waals surface area contributed by atoms with Crippen molar-refractivity contribution in [3.05, 3.63) is 0 Å². The minimum Gasteiger partial charge on any atom is -0.318 e. The van der Waals surface area contributed by atoms with Crippen LogP contribution >= 0.6 is 22.9 Å². The van der Waals surface area contributed by atoms with E-state index in [1.54, 1.807) is 6.21 Å². The molecule has 3 nitrogen and oxygen atoms in total. The summed E-state index contributed by atoms with van der Waals surface area (Å²) < 4.78 is 2.67. The molecule has 0 aromatic carbocycles. The zero-order chi connectivity index (χ0) is 5.54. The van der Waals surface area contributed by atoms with Crippen LogP contribution in [0.2, 0.25) is 0 Å². The SMILES string of the molecule is C/C=N\N=C/NI. The molecule has 0 saturated carbocycles. The van der Waals surface area contributed by atoms with Gasteiger partial charge in [0.15, 0.2) is 0 Å². The molecular formula is C3H6IN3. The third kappa shape index (κ3) is 5.87. The Hall–Kier alpha value is -0.130. The van der Waals surface area contributed by atoms with Gasteiger partial charge in [0, 0.05) is 6.21 Å². The van der Waals surface area contributed by atoms with E-state index in [-0.39, 0.29) is 0 Å². The van der Waals surface area contributed by atoms with Crippen molar-refractivity contribution in [1.82, 2.24) is 3.53 Å². The molecule has 0 amide bonds. The predicted octanol–water partition coefficient (Wildman–Crippen LogP) is 0.960. The van der Waals surface area contributed by atoms with E-state index in [1.165, 1.54) is 6.34 Å². The third-order valence-corrected chi connectivity index (χ3v) is 0.567. The fourth-order valence-electron chi connectivity index (χ4n) is 0.122. The summed E-state index contributed by atoms with van der Waals surface area (Å²) in [5.74, 6) is 0. The van der Waals surface area contributed by atoms with E-state index in [4.69, 9.17) is 0 Å². The number of hydrogen-bond acceptors (Lipinski definition) is 2. The van der Waals surface area contributed by atoms with Crippen LogP contribution in [0.1, 0.15) is 6.92 Å². The average molecular weight is 211 g/mol. The van der Waals surface area contributed by atoms with Gasteiger partial charge in [-0.25, -0.2) is 0 Å². The first-order chi connectivity index (χ1) is 3.41. The van der Waals surface area contributed by atoms with Crippen LogP contribution in [0.5, 0.6) is 0 Å². The number of nitrogens with zero attached hydrogens (tertiary/aromatic N) is 2. The molecule has 4 heteroatoms. The van der Waals surface area contributed by atoms with Crippen molar-refractivity contribution < 1.29 is 0 Å². The van der Waals surface area contributed by atoms with Gasteiger partial charge in [0.05, 0.1) is 22.9 Å². The Kier molecular flexibility index (Phi) is 5.76. The second-order valence-electron chi connectivity index (χ2n) is 0.727. The zero-order valence-electron chi connectivity index (χ0n) is 3.93. The molecule has 0 heterocycles. The van der Waals surface area contributed by atoms with Gasteiger partial charge in [0.25, 0.3) is 0 Å². The topological polar surface area (TPSA) is 36.8 Å². The van der Waals surface area contributed by atoms with Crippen LogP contribution in [-0.2, 0) is 0 Å². The summed E-state index contributed by atoms with van der Waals surface area (Å²) in [5.41, 5.74) is 0. The molecule has 1 N–H and O–H groups in total. The lowest BCUT2D eigenvalue weighted by Gasteiger charge is -1.73. The first-order valence-electron chi connectivity index (χ1n) is 1.77. The van der Waals surface area contributed by atoms with Crippen LogP contribution in [0.4, 0.5) is 0 Å². The standard InChI is InChI=1S/C3H6IN3/c1-2-6-7-3-5-4/h2-3H,1H3,(H,5,7)/b6-2-. The van der Waals surface area contributed by atoms with Gasteiger partial charge in [-0.05, 0) is 6.92 Å². The van der Waals surface area contributed by atoms with Crippen LogP contribution in [-0.4, -0.2) is 12.6 Å². The highest BCUT2D eigenvalue weighted by molar-refractivity contribution is 14.1. The Morgan fingerprint density at radius 2 is 2.29 bits per heavy atom. The highest BCUT2D eigenvalue weighted by Crippen LogP contribution is 1.65. The number of rotatable bonds is 2. The highest BCUT2D eigenvalue weighted by atomic mass is 127. The molecule has 0 aromatic rings. The fourth-order valence-corrected chi connectivity index (χ4v) is 0.246.